The van der Waals surface area contributed by atoms with Crippen molar-refractivity contribution in [1.29, 1.82) is 0 Å². The molecule has 4 heteroatoms. The molecule has 0 bridgehead atoms. The summed E-state index contributed by atoms with van der Waals surface area (Å²) in [6.45, 7) is 12.6. The number of anilines is 1. The van der Waals surface area contributed by atoms with Gasteiger partial charge in [-0.15, -0.1) is 0 Å². The van der Waals surface area contributed by atoms with E-state index in [2.05, 4.69) is 48.9 Å². The van der Waals surface area contributed by atoms with Gasteiger partial charge < -0.3 is 14.8 Å². The summed E-state index contributed by atoms with van der Waals surface area (Å²) < 4.78 is 0. The van der Waals surface area contributed by atoms with Gasteiger partial charge >= 0.3 is 0 Å². The fourth-order valence-electron chi connectivity index (χ4n) is 4.18. The molecule has 1 fully saturated rings. The molecule has 0 spiro atoms. The van der Waals surface area contributed by atoms with Crippen molar-refractivity contribution in [3.63, 3.8) is 0 Å². The first-order chi connectivity index (χ1) is 12.0. The van der Waals surface area contributed by atoms with Gasteiger partial charge in [0.2, 0.25) is 0 Å². The number of H-pyrrole nitrogens is 1. The smallest absolute Gasteiger partial charge is 0.198 e. The summed E-state index contributed by atoms with van der Waals surface area (Å²) in [5.74, 6) is 0. The van der Waals surface area contributed by atoms with Crippen LogP contribution in [0, 0.1) is 6.92 Å². The monoisotopic (exact) mass is 342 g/mol. The third-order valence-electron chi connectivity index (χ3n) is 5.91. The number of hydrogen-bond donors (Lipinski definition) is 2. The molecule has 0 amide bonds. The van der Waals surface area contributed by atoms with Gasteiger partial charge in [0.1, 0.15) is 6.54 Å². The number of pyridine rings is 1. The molecule has 1 aliphatic heterocycles. The van der Waals surface area contributed by atoms with Crippen LogP contribution in [0.3, 0.4) is 0 Å². The summed E-state index contributed by atoms with van der Waals surface area (Å²) in [5, 5.41) is 0.828. The van der Waals surface area contributed by atoms with E-state index in [9.17, 15) is 4.79 Å². The zero-order valence-electron chi connectivity index (χ0n) is 16.1. The summed E-state index contributed by atoms with van der Waals surface area (Å²) in [6.07, 6.45) is 3.87. The van der Waals surface area contributed by atoms with Gasteiger partial charge in [-0.1, -0.05) is 0 Å². The Labute approximate surface area is 150 Å². The predicted molar refractivity (Wildman–Crippen MR) is 106 cm³/mol. The number of aryl methyl sites for hydroxylation is 1. The van der Waals surface area contributed by atoms with E-state index in [-0.39, 0.29) is 5.43 Å². The number of benzene rings is 1. The molecule has 2 unspecified atom stereocenters. The first-order valence-electron chi connectivity index (χ1n) is 9.80. The lowest BCUT2D eigenvalue weighted by molar-refractivity contribution is -0.942. The van der Waals surface area contributed by atoms with Crippen LogP contribution in [-0.2, 0) is 6.54 Å². The molecule has 0 radical (unpaired) electrons. The lowest BCUT2D eigenvalue weighted by Gasteiger charge is -2.30. The summed E-state index contributed by atoms with van der Waals surface area (Å²) in [6, 6.07) is 6.88. The van der Waals surface area contributed by atoms with E-state index in [0.717, 1.165) is 47.5 Å². The van der Waals surface area contributed by atoms with Gasteiger partial charge in [-0.2, -0.15) is 0 Å². The Hall–Kier alpha value is -1.81. The molecule has 3 rings (SSSR count). The van der Waals surface area contributed by atoms with Gasteiger partial charge in [0.15, 0.2) is 5.43 Å². The summed E-state index contributed by atoms with van der Waals surface area (Å²) in [5.41, 5.74) is 4.29. The Morgan fingerprint density at radius 3 is 2.68 bits per heavy atom. The van der Waals surface area contributed by atoms with Crippen molar-refractivity contribution in [2.45, 2.75) is 59.5 Å². The second-order valence-corrected chi connectivity index (χ2v) is 7.44. The molecule has 1 saturated heterocycles. The zero-order chi connectivity index (χ0) is 18.0. The number of piperidine rings is 1. The molecule has 2 N–H and O–H groups in total. The molecule has 1 aromatic heterocycles. The van der Waals surface area contributed by atoms with Crippen LogP contribution in [0.4, 0.5) is 5.69 Å². The quantitative estimate of drug-likeness (QED) is 0.877. The van der Waals surface area contributed by atoms with E-state index in [1.807, 2.05) is 6.92 Å². The lowest BCUT2D eigenvalue weighted by Crippen LogP contribution is -3.15. The van der Waals surface area contributed by atoms with Crippen LogP contribution >= 0.6 is 0 Å². The van der Waals surface area contributed by atoms with Crippen molar-refractivity contribution < 1.29 is 4.90 Å². The fraction of sp³-hybridized carbons (Fsp3) is 0.571. The molecule has 4 nitrogen and oxygen atoms in total. The van der Waals surface area contributed by atoms with E-state index >= 15 is 0 Å². The molecule has 0 saturated carbocycles. The first kappa shape index (κ1) is 18.0. The van der Waals surface area contributed by atoms with E-state index in [0.29, 0.717) is 6.04 Å². The maximum Gasteiger partial charge on any atom is 0.198 e. The molecule has 2 aromatic rings. The van der Waals surface area contributed by atoms with E-state index in [1.165, 1.54) is 25.8 Å². The van der Waals surface area contributed by atoms with Gasteiger partial charge in [0, 0.05) is 35.4 Å². The highest BCUT2D eigenvalue weighted by Crippen LogP contribution is 2.20. The van der Waals surface area contributed by atoms with Crippen LogP contribution in [0.15, 0.2) is 23.0 Å². The highest BCUT2D eigenvalue weighted by molar-refractivity contribution is 5.83. The van der Waals surface area contributed by atoms with Crippen molar-refractivity contribution in [1.82, 2.24) is 4.98 Å². The minimum Gasteiger partial charge on any atom is -0.372 e. The number of nitrogens with zero attached hydrogens (tertiary/aromatic N) is 1. The predicted octanol–water partition coefficient (Wildman–Crippen LogP) is 2.64. The average Bonchev–Trinajstić information content (AvgIpc) is 2.61. The zero-order valence-corrected chi connectivity index (χ0v) is 16.1. The van der Waals surface area contributed by atoms with Gasteiger partial charge in [-0.3, -0.25) is 4.79 Å². The minimum atomic E-state index is 0.213. The van der Waals surface area contributed by atoms with E-state index in [1.54, 1.807) is 4.90 Å². The third-order valence-corrected chi connectivity index (χ3v) is 5.91. The summed E-state index contributed by atoms with van der Waals surface area (Å²) in [4.78, 5) is 20.5. The maximum atomic E-state index is 13.2. The molecule has 136 valence electrons. The number of hydrogen-bond acceptors (Lipinski definition) is 2. The Morgan fingerprint density at radius 1 is 1.24 bits per heavy atom. The van der Waals surface area contributed by atoms with Crippen LogP contribution in [0.2, 0.25) is 0 Å². The highest BCUT2D eigenvalue weighted by atomic mass is 16.1. The fourth-order valence-corrected chi connectivity index (χ4v) is 4.18. The second-order valence-electron chi connectivity index (χ2n) is 7.44. The number of fused-ring (bicyclic) bond motifs is 1. The SMILES string of the molecule is CCN(CC)c1ccc2[nH]c(C)c(C[NH+]3CCCCC3C)c(=O)c2c1. The van der Waals surface area contributed by atoms with E-state index in [4.69, 9.17) is 0 Å². The standard InChI is InChI=1S/C21H31N3O/c1-5-23(6-2)17-10-11-20-18(13-17)21(25)19(16(4)22-20)14-24-12-8-7-9-15(24)3/h10-11,13,15H,5-9,12,14H2,1-4H3,(H,22,25)/p+1. The molecule has 25 heavy (non-hydrogen) atoms. The van der Waals surface area contributed by atoms with Gasteiger partial charge in [0.05, 0.1) is 18.2 Å². The van der Waals surface area contributed by atoms with Crippen molar-refractivity contribution in [2.75, 3.05) is 24.5 Å². The number of aromatic nitrogens is 1. The molecule has 2 atom stereocenters. The van der Waals surface area contributed by atoms with E-state index < -0.39 is 0 Å². The van der Waals surface area contributed by atoms with Crippen molar-refractivity contribution in [3.05, 3.63) is 39.7 Å². The molecular formula is C21H32N3O+. The highest BCUT2D eigenvalue weighted by Gasteiger charge is 2.24. The molecule has 1 aliphatic rings. The normalized spacial score (nSPS) is 20.8. The third kappa shape index (κ3) is 3.59. The first-order valence-corrected chi connectivity index (χ1v) is 9.80. The Morgan fingerprint density at radius 2 is 2.00 bits per heavy atom. The largest absolute Gasteiger partial charge is 0.372 e. The Balaban J connectivity index is 2.02. The minimum absolute atomic E-state index is 0.213. The second kappa shape index (κ2) is 7.61. The Bertz CT molecular complexity index is 792. The van der Waals surface area contributed by atoms with Gasteiger partial charge in [-0.05, 0) is 65.2 Å². The van der Waals surface area contributed by atoms with Gasteiger partial charge in [0.25, 0.3) is 0 Å². The van der Waals surface area contributed by atoms with Crippen LogP contribution in [0.5, 0.6) is 0 Å². The topological polar surface area (TPSA) is 40.5 Å². The van der Waals surface area contributed by atoms with Crippen LogP contribution in [0.1, 0.15) is 51.3 Å². The molecule has 1 aromatic carbocycles. The van der Waals surface area contributed by atoms with Crippen molar-refractivity contribution in [3.8, 4) is 0 Å². The van der Waals surface area contributed by atoms with Crippen LogP contribution < -0.4 is 15.2 Å². The summed E-state index contributed by atoms with van der Waals surface area (Å²) in [7, 11) is 0. The van der Waals surface area contributed by atoms with Crippen molar-refractivity contribution >= 4 is 16.6 Å². The maximum absolute atomic E-state index is 13.2. The van der Waals surface area contributed by atoms with Crippen molar-refractivity contribution in [2.24, 2.45) is 0 Å². The molecule has 2 heterocycles. The van der Waals surface area contributed by atoms with Crippen LogP contribution in [-0.4, -0.2) is 30.7 Å². The molecule has 0 aliphatic carbocycles. The average molecular weight is 343 g/mol. The summed E-state index contributed by atoms with van der Waals surface area (Å²) >= 11 is 0. The number of rotatable bonds is 5. The van der Waals surface area contributed by atoms with Gasteiger partial charge in [-0.25, -0.2) is 0 Å². The number of nitrogens with one attached hydrogen (secondary N) is 2. The number of likely N-dealkylation sites (tertiary alicyclic amines) is 1. The lowest BCUT2D eigenvalue weighted by atomic mass is 10.0. The van der Waals surface area contributed by atoms with Crippen LogP contribution in [0.25, 0.3) is 10.9 Å². The number of quaternary nitrogens is 1. The number of aromatic amines is 1. The Kier molecular flexibility index (Phi) is 5.48. The molecular weight excluding hydrogens is 310 g/mol.